The maximum Gasteiger partial charge on any atom is 0.288 e. The van der Waals surface area contributed by atoms with E-state index in [0.717, 1.165) is 17.4 Å². The van der Waals surface area contributed by atoms with Gasteiger partial charge in [0.25, 0.3) is 5.69 Å². The number of pyridine rings is 1. The van der Waals surface area contributed by atoms with E-state index in [0.29, 0.717) is 16.6 Å². The van der Waals surface area contributed by atoms with Crippen LogP contribution in [-0.4, -0.2) is 20.8 Å². The number of carbonyl (C=O) groups is 1. The number of hydrogen-bond acceptors (Lipinski definition) is 4. The average molecular weight is 281 g/mol. The molecular formula is C15H11N3O3. The van der Waals surface area contributed by atoms with Crippen molar-refractivity contribution in [3.8, 4) is 11.1 Å². The zero-order chi connectivity index (χ0) is 15.0. The minimum atomic E-state index is -0.460. The Morgan fingerprint density at radius 3 is 2.62 bits per heavy atom. The zero-order valence-electron chi connectivity index (χ0n) is 11.2. The van der Waals surface area contributed by atoms with E-state index in [1.54, 1.807) is 12.1 Å². The highest BCUT2D eigenvalue weighted by molar-refractivity contribution is 5.95. The Hall–Kier alpha value is -3.02. The summed E-state index contributed by atoms with van der Waals surface area (Å²) in [5.74, 6) is 0. The van der Waals surface area contributed by atoms with Crippen LogP contribution in [0.2, 0.25) is 0 Å². The Balaban J connectivity index is 2.23. The van der Waals surface area contributed by atoms with E-state index in [-0.39, 0.29) is 5.69 Å². The molecule has 6 nitrogen and oxygen atoms in total. The Morgan fingerprint density at radius 2 is 2.00 bits per heavy atom. The van der Waals surface area contributed by atoms with Crippen molar-refractivity contribution in [3.05, 3.63) is 58.4 Å². The van der Waals surface area contributed by atoms with E-state index in [1.807, 2.05) is 29.9 Å². The molecule has 3 aromatic rings. The number of aromatic nitrogens is 2. The predicted octanol–water partition coefficient (Wildman–Crippen LogP) is 2.96. The first-order valence-electron chi connectivity index (χ1n) is 6.25. The first kappa shape index (κ1) is 13.0. The van der Waals surface area contributed by atoms with Crippen LogP contribution < -0.4 is 0 Å². The van der Waals surface area contributed by atoms with E-state index in [4.69, 9.17) is 0 Å². The molecule has 2 aromatic heterocycles. The molecule has 0 radical (unpaired) electrons. The molecule has 0 saturated heterocycles. The molecule has 0 saturated carbocycles. The average Bonchev–Trinajstić information content (AvgIpc) is 2.84. The van der Waals surface area contributed by atoms with Crippen LogP contribution >= 0.6 is 0 Å². The normalized spacial score (nSPS) is 10.7. The molecule has 0 bridgehead atoms. The Kier molecular flexibility index (Phi) is 2.98. The lowest BCUT2D eigenvalue weighted by Crippen LogP contribution is -1.91. The van der Waals surface area contributed by atoms with Gasteiger partial charge in [-0.1, -0.05) is 24.3 Å². The molecule has 0 N–H and O–H groups in total. The van der Waals surface area contributed by atoms with E-state index in [1.165, 1.54) is 12.3 Å². The van der Waals surface area contributed by atoms with Gasteiger partial charge in [0.15, 0.2) is 0 Å². The number of aryl methyl sites for hydroxylation is 1. The molecule has 2 heterocycles. The second kappa shape index (κ2) is 4.82. The van der Waals surface area contributed by atoms with Gasteiger partial charge in [-0.3, -0.25) is 14.9 Å². The predicted molar refractivity (Wildman–Crippen MR) is 78.2 cm³/mol. The Labute approximate surface area is 119 Å². The van der Waals surface area contributed by atoms with Crippen LogP contribution in [0.25, 0.3) is 22.2 Å². The van der Waals surface area contributed by atoms with Crippen LogP contribution in [-0.2, 0) is 7.05 Å². The molecule has 21 heavy (non-hydrogen) atoms. The summed E-state index contributed by atoms with van der Waals surface area (Å²) in [5.41, 5.74) is 2.95. The molecule has 6 heteroatoms. The quantitative estimate of drug-likeness (QED) is 0.420. The molecule has 0 aliphatic carbocycles. The molecule has 0 unspecified atom stereocenters. The first-order chi connectivity index (χ1) is 10.1. The van der Waals surface area contributed by atoms with Gasteiger partial charge in [-0.2, -0.15) is 0 Å². The van der Waals surface area contributed by atoms with E-state index >= 15 is 0 Å². The Morgan fingerprint density at radius 1 is 1.29 bits per heavy atom. The zero-order valence-corrected chi connectivity index (χ0v) is 11.2. The number of carbonyl (C=O) groups excluding carboxylic acids is 1. The maximum atomic E-state index is 10.9. The number of nitrogens with zero attached hydrogens (tertiary/aromatic N) is 3. The minimum absolute atomic E-state index is 0.0422. The van der Waals surface area contributed by atoms with Crippen LogP contribution in [0.1, 0.15) is 10.4 Å². The van der Waals surface area contributed by atoms with Gasteiger partial charge in [0.1, 0.15) is 18.1 Å². The minimum Gasteiger partial charge on any atom is -0.335 e. The molecular weight excluding hydrogens is 270 g/mol. The largest absolute Gasteiger partial charge is 0.335 e. The number of rotatable bonds is 3. The summed E-state index contributed by atoms with van der Waals surface area (Å²) in [6.45, 7) is 0. The summed E-state index contributed by atoms with van der Waals surface area (Å²) in [4.78, 5) is 25.3. The molecule has 0 fully saturated rings. The fraction of sp³-hybridized carbons (Fsp3) is 0.0667. The molecule has 1 aromatic carbocycles. The summed E-state index contributed by atoms with van der Waals surface area (Å²) < 4.78 is 1.82. The molecule has 0 spiro atoms. The van der Waals surface area contributed by atoms with Gasteiger partial charge in [0, 0.05) is 35.8 Å². The molecule has 3 rings (SSSR count). The van der Waals surface area contributed by atoms with Crippen LogP contribution in [0.5, 0.6) is 0 Å². The summed E-state index contributed by atoms with van der Waals surface area (Å²) in [6.07, 6.45) is 3.90. The van der Waals surface area contributed by atoms with Gasteiger partial charge in [0.05, 0.1) is 4.92 Å². The Bertz CT molecular complexity index is 850. The van der Waals surface area contributed by atoms with Gasteiger partial charge in [-0.25, -0.2) is 4.98 Å². The van der Waals surface area contributed by atoms with E-state index in [9.17, 15) is 14.9 Å². The highest BCUT2D eigenvalue weighted by atomic mass is 16.6. The van der Waals surface area contributed by atoms with Crippen molar-refractivity contribution >= 4 is 23.0 Å². The van der Waals surface area contributed by atoms with Gasteiger partial charge in [-0.05, 0) is 5.56 Å². The summed E-state index contributed by atoms with van der Waals surface area (Å²) in [7, 11) is 1.84. The molecule has 104 valence electrons. The van der Waals surface area contributed by atoms with Crippen molar-refractivity contribution in [3.63, 3.8) is 0 Å². The van der Waals surface area contributed by atoms with E-state index in [2.05, 4.69) is 4.98 Å². The lowest BCUT2D eigenvalue weighted by Gasteiger charge is -2.00. The van der Waals surface area contributed by atoms with Crippen LogP contribution in [0.15, 0.2) is 42.7 Å². The lowest BCUT2D eigenvalue weighted by molar-refractivity contribution is -0.385. The second-order valence-corrected chi connectivity index (χ2v) is 4.72. The highest BCUT2D eigenvalue weighted by Gasteiger charge is 2.14. The van der Waals surface area contributed by atoms with Crippen molar-refractivity contribution < 1.29 is 9.72 Å². The second-order valence-electron chi connectivity index (χ2n) is 4.72. The van der Waals surface area contributed by atoms with Crippen molar-refractivity contribution in [2.24, 2.45) is 7.05 Å². The van der Waals surface area contributed by atoms with Crippen molar-refractivity contribution in [2.75, 3.05) is 0 Å². The maximum absolute atomic E-state index is 10.9. The number of hydrogen-bond donors (Lipinski definition) is 0. The SMILES string of the molecule is Cn1cc(-c2ccc(C=O)cc2)c2cc([N+](=O)[O-])cnc21. The third kappa shape index (κ3) is 2.16. The smallest absolute Gasteiger partial charge is 0.288 e. The van der Waals surface area contributed by atoms with Crippen molar-refractivity contribution in [1.82, 2.24) is 9.55 Å². The topological polar surface area (TPSA) is 78.0 Å². The van der Waals surface area contributed by atoms with Gasteiger partial charge in [0.2, 0.25) is 0 Å². The van der Waals surface area contributed by atoms with Gasteiger partial charge >= 0.3 is 0 Å². The number of aldehydes is 1. The summed E-state index contributed by atoms with van der Waals surface area (Å²) in [5, 5.41) is 11.6. The van der Waals surface area contributed by atoms with E-state index < -0.39 is 4.92 Å². The summed E-state index contributed by atoms with van der Waals surface area (Å²) in [6, 6.07) is 8.58. The summed E-state index contributed by atoms with van der Waals surface area (Å²) >= 11 is 0. The number of fused-ring (bicyclic) bond motifs is 1. The number of nitro groups is 1. The third-order valence-corrected chi connectivity index (χ3v) is 3.37. The molecule has 0 amide bonds. The lowest BCUT2D eigenvalue weighted by atomic mass is 10.0. The van der Waals surface area contributed by atoms with Crippen molar-refractivity contribution in [1.29, 1.82) is 0 Å². The fourth-order valence-electron chi connectivity index (χ4n) is 2.32. The number of benzene rings is 1. The molecule has 0 atom stereocenters. The highest BCUT2D eigenvalue weighted by Crippen LogP contribution is 2.31. The van der Waals surface area contributed by atoms with Crippen LogP contribution in [0.3, 0.4) is 0 Å². The molecule has 0 aliphatic heterocycles. The van der Waals surface area contributed by atoms with Gasteiger partial charge in [-0.15, -0.1) is 0 Å². The third-order valence-electron chi connectivity index (χ3n) is 3.37. The first-order valence-corrected chi connectivity index (χ1v) is 6.25. The van der Waals surface area contributed by atoms with Crippen molar-refractivity contribution in [2.45, 2.75) is 0 Å². The van der Waals surface area contributed by atoms with Gasteiger partial charge < -0.3 is 4.57 Å². The fourth-order valence-corrected chi connectivity index (χ4v) is 2.32. The monoisotopic (exact) mass is 281 g/mol. The van der Waals surface area contributed by atoms with Crippen LogP contribution in [0.4, 0.5) is 5.69 Å². The molecule has 0 aliphatic rings. The standard InChI is InChI=1S/C15H11N3O3/c1-17-8-14(11-4-2-10(9-19)3-5-11)13-6-12(18(20)21)7-16-15(13)17/h2-9H,1H3. The van der Waals surface area contributed by atoms with Crippen LogP contribution in [0, 0.1) is 10.1 Å².